The van der Waals surface area contributed by atoms with Gasteiger partial charge in [-0.2, -0.15) is 0 Å². The van der Waals surface area contributed by atoms with Crippen LogP contribution in [0.5, 0.6) is 0 Å². The van der Waals surface area contributed by atoms with Crippen LogP contribution in [0.2, 0.25) is 0 Å². The lowest BCUT2D eigenvalue weighted by atomic mass is 10.1. The Morgan fingerprint density at radius 1 is 0.880 bits per heavy atom. The van der Waals surface area contributed by atoms with E-state index in [4.69, 9.17) is 0 Å². The number of amides is 1. The van der Waals surface area contributed by atoms with Crippen LogP contribution in [-0.2, 0) is 4.79 Å². The third kappa shape index (κ3) is 3.23. The molecule has 0 radical (unpaired) electrons. The normalized spacial score (nSPS) is 22.0. The van der Waals surface area contributed by atoms with Crippen LogP contribution in [-0.4, -0.2) is 45.7 Å². The minimum Gasteiger partial charge on any atom is -0.328 e. The monoisotopic (exact) mass is 335 g/mol. The largest absolute Gasteiger partial charge is 0.328 e. The fourth-order valence-electron chi connectivity index (χ4n) is 3.74. The number of hydrogen-bond donors (Lipinski definition) is 2. The second kappa shape index (κ2) is 6.82. The van der Waals surface area contributed by atoms with Crippen molar-refractivity contribution in [2.45, 2.75) is 0 Å². The first-order valence-corrected chi connectivity index (χ1v) is 9.06. The maximum atomic E-state index is 13.3. The molecule has 1 fully saturated rings. The van der Waals surface area contributed by atoms with Gasteiger partial charge in [-0.25, -0.2) is 0 Å². The van der Waals surface area contributed by atoms with Gasteiger partial charge in [-0.15, -0.1) is 0 Å². The third-order valence-electron chi connectivity index (χ3n) is 5.26. The van der Waals surface area contributed by atoms with Gasteiger partial charge in [0.15, 0.2) is 6.54 Å². The summed E-state index contributed by atoms with van der Waals surface area (Å²) in [7, 11) is 2.23. The van der Waals surface area contributed by atoms with Gasteiger partial charge in [0.25, 0.3) is 5.91 Å². The number of carbonyl (C=O) groups excluding carboxylic acids is 1. The molecule has 0 saturated carbocycles. The predicted molar refractivity (Wildman–Crippen MR) is 101 cm³/mol. The van der Waals surface area contributed by atoms with Crippen LogP contribution in [0, 0.1) is 0 Å². The Labute approximate surface area is 149 Å². The summed E-state index contributed by atoms with van der Waals surface area (Å²) in [4.78, 5) is 18.2. The van der Waals surface area contributed by atoms with Crippen LogP contribution in [0.1, 0.15) is 11.1 Å². The van der Waals surface area contributed by atoms with Gasteiger partial charge < -0.3 is 9.80 Å². The Balaban J connectivity index is 1.68. The van der Waals surface area contributed by atoms with Gasteiger partial charge in [-0.3, -0.25) is 9.69 Å². The van der Waals surface area contributed by atoms with E-state index < -0.39 is 0 Å². The number of hydrogen-bond acceptors (Lipinski definition) is 1. The van der Waals surface area contributed by atoms with Crippen molar-refractivity contribution in [3.8, 4) is 0 Å². The molecule has 25 heavy (non-hydrogen) atoms. The highest BCUT2D eigenvalue weighted by Gasteiger charge is 2.29. The van der Waals surface area contributed by atoms with Crippen molar-refractivity contribution in [3.05, 3.63) is 59.7 Å². The number of rotatable bonds is 2. The summed E-state index contributed by atoms with van der Waals surface area (Å²) >= 11 is 0. The standard InChI is InChI=1S/C21H23N3O/c1-22-12-14-23(15-13-22)16-21(25)24-19-8-4-2-6-17(19)10-11-18-7-3-5-9-20(18)24/h2-11H,12-16H2,1H3/p+2. The molecule has 4 rings (SSSR count). The highest BCUT2D eigenvalue weighted by molar-refractivity contribution is 6.06. The first-order valence-electron chi connectivity index (χ1n) is 9.06. The van der Waals surface area contributed by atoms with Gasteiger partial charge in [0.1, 0.15) is 26.2 Å². The first kappa shape index (κ1) is 16.1. The second-order valence-corrected chi connectivity index (χ2v) is 7.06. The topological polar surface area (TPSA) is 29.2 Å². The van der Waals surface area contributed by atoms with Crippen molar-refractivity contribution >= 4 is 29.4 Å². The summed E-state index contributed by atoms with van der Waals surface area (Å²) in [5.74, 6) is 0.179. The zero-order chi connectivity index (χ0) is 17.2. The number of anilines is 2. The Morgan fingerprint density at radius 3 is 1.96 bits per heavy atom. The average molecular weight is 335 g/mol. The summed E-state index contributed by atoms with van der Waals surface area (Å²) in [6.45, 7) is 4.95. The molecular weight excluding hydrogens is 310 g/mol. The lowest BCUT2D eigenvalue weighted by molar-refractivity contribution is -1.000. The van der Waals surface area contributed by atoms with Gasteiger partial charge in [-0.05, 0) is 23.3 Å². The first-order chi connectivity index (χ1) is 12.2. The third-order valence-corrected chi connectivity index (χ3v) is 5.26. The molecule has 1 saturated heterocycles. The molecule has 128 valence electrons. The molecule has 2 N–H and O–H groups in total. The maximum absolute atomic E-state index is 13.3. The summed E-state index contributed by atoms with van der Waals surface area (Å²) in [6.07, 6.45) is 4.21. The SMILES string of the molecule is C[NH+]1CC[NH+](CC(=O)N2c3ccccc3C=Cc3ccccc32)CC1. The van der Waals surface area contributed by atoms with Crippen LogP contribution >= 0.6 is 0 Å². The van der Waals surface area contributed by atoms with Crippen molar-refractivity contribution in [3.63, 3.8) is 0 Å². The fourth-order valence-corrected chi connectivity index (χ4v) is 3.74. The van der Waals surface area contributed by atoms with E-state index in [1.807, 2.05) is 41.3 Å². The van der Waals surface area contributed by atoms with E-state index in [2.05, 4.69) is 31.3 Å². The minimum atomic E-state index is 0.179. The van der Waals surface area contributed by atoms with Crippen LogP contribution < -0.4 is 14.7 Å². The second-order valence-electron chi connectivity index (χ2n) is 7.06. The van der Waals surface area contributed by atoms with Crippen LogP contribution in [0.15, 0.2) is 48.5 Å². The van der Waals surface area contributed by atoms with Crippen molar-refractivity contribution in [2.24, 2.45) is 0 Å². The average Bonchev–Trinajstić information content (AvgIpc) is 2.80. The van der Waals surface area contributed by atoms with E-state index >= 15 is 0 Å². The molecule has 1 amide bonds. The van der Waals surface area contributed by atoms with Crippen molar-refractivity contribution in [2.75, 3.05) is 44.7 Å². The lowest BCUT2D eigenvalue weighted by Crippen LogP contribution is -3.27. The number of likely N-dealkylation sites (N-methyl/N-ethyl adjacent to an activating group) is 1. The lowest BCUT2D eigenvalue weighted by Gasteiger charge is -2.30. The van der Waals surface area contributed by atoms with Gasteiger partial charge in [-0.1, -0.05) is 48.6 Å². The van der Waals surface area contributed by atoms with E-state index in [9.17, 15) is 4.79 Å². The number of benzene rings is 2. The highest BCUT2D eigenvalue weighted by Crippen LogP contribution is 2.35. The van der Waals surface area contributed by atoms with Crippen molar-refractivity contribution < 1.29 is 14.6 Å². The molecule has 2 aromatic carbocycles. The van der Waals surface area contributed by atoms with E-state index in [1.165, 1.54) is 4.90 Å². The van der Waals surface area contributed by atoms with E-state index in [0.29, 0.717) is 6.54 Å². The number of fused-ring (bicyclic) bond motifs is 2. The molecule has 0 spiro atoms. The molecule has 2 aromatic rings. The number of carbonyl (C=O) groups is 1. The molecule has 0 aliphatic carbocycles. The Kier molecular flexibility index (Phi) is 4.38. The smallest absolute Gasteiger partial charge is 0.286 e. The molecular formula is C21H25N3O+2. The van der Waals surface area contributed by atoms with E-state index in [1.54, 1.807) is 4.90 Å². The molecule has 2 heterocycles. The van der Waals surface area contributed by atoms with Crippen LogP contribution in [0.25, 0.3) is 12.2 Å². The minimum absolute atomic E-state index is 0.179. The fraction of sp³-hybridized carbons (Fsp3) is 0.286. The summed E-state index contributed by atoms with van der Waals surface area (Å²) < 4.78 is 0. The highest BCUT2D eigenvalue weighted by atomic mass is 16.2. The Hall–Kier alpha value is -2.43. The quantitative estimate of drug-likeness (QED) is 0.809. The van der Waals surface area contributed by atoms with Gasteiger partial charge >= 0.3 is 0 Å². The molecule has 4 nitrogen and oxygen atoms in total. The zero-order valence-corrected chi connectivity index (χ0v) is 14.7. The van der Waals surface area contributed by atoms with Gasteiger partial charge in [0, 0.05) is 0 Å². The Bertz CT molecular complexity index is 757. The molecule has 0 unspecified atom stereocenters. The molecule has 0 aromatic heterocycles. The summed E-state index contributed by atoms with van der Waals surface area (Å²) in [5.41, 5.74) is 4.13. The van der Waals surface area contributed by atoms with Gasteiger partial charge in [0.2, 0.25) is 0 Å². The molecule has 0 atom stereocenters. The van der Waals surface area contributed by atoms with E-state index in [0.717, 1.165) is 48.7 Å². The number of nitrogens with zero attached hydrogens (tertiary/aromatic N) is 1. The van der Waals surface area contributed by atoms with Crippen LogP contribution in [0.4, 0.5) is 11.4 Å². The Morgan fingerprint density at radius 2 is 1.40 bits per heavy atom. The zero-order valence-electron chi connectivity index (χ0n) is 14.7. The van der Waals surface area contributed by atoms with Crippen molar-refractivity contribution in [1.29, 1.82) is 0 Å². The number of para-hydroxylation sites is 2. The molecule has 4 heteroatoms. The number of piperazine rings is 1. The molecule has 0 bridgehead atoms. The van der Waals surface area contributed by atoms with Gasteiger partial charge in [0.05, 0.1) is 18.4 Å². The summed E-state index contributed by atoms with van der Waals surface area (Å²) in [5, 5.41) is 0. The number of nitrogens with one attached hydrogen (secondary N) is 2. The maximum Gasteiger partial charge on any atom is 0.286 e. The van der Waals surface area contributed by atoms with Crippen molar-refractivity contribution in [1.82, 2.24) is 0 Å². The number of quaternary nitrogens is 2. The van der Waals surface area contributed by atoms with Crippen LogP contribution in [0.3, 0.4) is 0 Å². The van der Waals surface area contributed by atoms with E-state index in [-0.39, 0.29) is 5.91 Å². The molecule has 2 aliphatic heterocycles. The molecule has 2 aliphatic rings. The summed E-state index contributed by atoms with van der Waals surface area (Å²) in [6, 6.07) is 16.3. The predicted octanol–water partition coefficient (Wildman–Crippen LogP) is 0.248.